The van der Waals surface area contributed by atoms with Crippen molar-refractivity contribution in [3.8, 4) is 0 Å². The number of aryl methyl sites for hydroxylation is 1. The SMILES string of the molecule is C=CCn1cc[n+](C)c1.[CH3-]. The maximum absolute atomic E-state index is 3.64. The summed E-state index contributed by atoms with van der Waals surface area (Å²) in [5.41, 5.74) is 0. The van der Waals surface area contributed by atoms with Crippen LogP contribution in [0.3, 0.4) is 0 Å². The molecule has 0 radical (unpaired) electrons. The Labute approximate surface area is 62.4 Å². The summed E-state index contributed by atoms with van der Waals surface area (Å²) < 4.78 is 4.07. The fourth-order valence-corrected chi connectivity index (χ4v) is 0.759. The Bertz CT molecular complexity index is 201. The van der Waals surface area contributed by atoms with Gasteiger partial charge in [0, 0.05) is 0 Å². The average molecular weight is 138 g/mol. The molecule has 0 saturated heterocycles. The topological polar surface area (TPSA) is 8.81 Å². The lowest BCUT2D eigenvalue weighted by Gasteiger charge is -1.83. The van der Waals surface area contributed by atoms with Crippen molar-refractivity contribution in [2.24, 2.45) is 7.05 Å². The summed E-state index contributed by atoms with van der Waals surface area (Å²) >= 11 is 0. The number of hydrogen-bond acceptors (Lipinski definition) is 0. The number of nitrogens with zero attached hydrogens (tertiary/aromatic N) is 2. The van der Waals surface area contributed by atoms with Crippen LogP contribution in [0, 0.1) is 7.43 Å². The molecule has 0 spiro atoms. The van der Waals surface area contributed by atoms with E-state index in [1.807, 2.05) is 36.4 Å². The second-order valence-corrected chi connectivity index (χ2v) is 2.06. The molecule has 56 valence electrons. The molecule has 0 saturated carbocycles. The van der Waals surface area contributed by atoms with E-state index in [0.717, 1.165) is 6.54 Å². The highest BCUT2D eigenvalue weighted by Crippen LogP contribution is 1.81. The normalized spacial score (nSPS) is 8.50. The Morgan fingerprint density at radius 2 is 2.40 bits per heavy atom. The third-order valence-corrected chi connectivity index (χ3v) is 1.16. The second kappa shape index (κ2) is 3.88. The zero-order chi connectivity index (χ0) is 6.69. The molecular weight excluding hydrogens is 124 g/mol. The first-order valence-electron chi connectivity index (χ1n) is 2.95. The first-order chi connectivity index (χ1) is 4.33. The molecule has 1 heterocycles. The molecule has 2 nitrogen and oxygen atoms in total. The predicted molar refractivity (Wildman–Crippen MR) is 42.2 cm³/mol. The van der Waals surface area contributed by atoms with Crippen molar-refractivity contribution in [2.75, 3.05) is 0 Å². The van der Waals surface area contributed by atoms with Crippen LogP contribution >= 0.6 is 0 Å². The molecule has 2 heteroatoms. The van der Waals surface area contributed by atoms with Crippen molar-refractivity contribution in [3.63, 3.8) is 0 Å². The van der Waals surface area contributed by atoms with Gasteiger partial charge in [0.2, 0.25) is 6.33 Å². The lowest BCUT2D eigenvalue weighted by molar-refractivity contribution is -0.671. The number of rotatable bonds is 2. The molecule has 0 aliphatic rings. The van der Waals surface area contributed by atoms with Crippen LogP contribution in [0.15, 0.2) is 31.4 Å². The summed E-state index contributed by atoms with van der Waals surface area (Å²) in [7, 11) is 2.00. The highest BCUT2D eigenvalue weighted by Gasteiger charge is 1.93. The summed E-state index contributed by atoms with van der Waals surface area (Å²) in [6.07, 6.45) is 7.91. The minimum Gasteiger partial charge on any atom is -0.358 e. The van der Waals surface area contributed by atoms with Gasteiger partial charge in [-0.15, -0.1) is 0 Å². The third-order valence-electron chi connectivity index (χ3n) is 1.16. The van der Waals surface area contributed by atoms with Gasteiger partial charge in [0.15, 0.2) is 0 Å². The molecule has 1 rings (SSSR count). The van der Waals surface area contributed by atoms with Crippen LogP contribution in [0.1, 0.15) is 0 Å². The quantitative estimate of drug-likeness (QED) is 0.327. The van der Waals surface area contributed by atoms with Crippen LogP contribution < -0.4 is 4.57 Å². The van der Waals surface area contributed by atoms with Crippen LogP contribution in [0.2, 0.25) is 0 Å². The summed E-state index contributed by atoms with van der Waals surface area (Å²) in [6, 6.07) is 0. The number of allylic oxidation sites excluding steroid dienone is 1. The van der Waals surface area contributed by atoms with Gasteiger partial charge >= 0.3 is 0 Å². The molecule has 0 atom stereocenters. The summed E-state index contributed by atoms with van der Waals surface area (Å²) in [4.78, 5) is 0. The first-order valence-corrected chi connectivity index (χ1v) is 2.95. The van der Waals surface area contributed by atoms with Crippen molar-refractivity contribution in [1.82, 2.24) is 4.57 Å². The van der Waals surface area contributed by atoms with Crippen molar-refractivity contribution in [1.29, 1.82) is 0 Å². The van der Waals surface area contributed by atoms with Gasteiger partial charge in [0.25, 0.3) is 0 Å². The van der Waals surface area contributed by atoms with Gasteiger partial charge in [-0.25, -0.2) is 9.13 Å². The molecule has 10 heavy (non-hydrogen) atoms. The summed E-state index contributed by atoms with van der Waals surface area (Å²) in [6.45, 7) is 4.52. The van der Waals surface area contributed by atoms with Gasteiger partial charge in [0.05, 0.1) is 7.05 Å². The highest BCUT2D eigenvalue weighted by molar-refractivity contribution is 4.73. The monoisotopic (exact) mass is 138 g/mol. The van der Waals surface area contributed by atoms with E-state index in [9.17, 15) is 0 Å². The minimum atomic E-state index is 0. The maximum atomic E-state index is 3.64. The van der Waals surface area contributed by atoms with Crippen molar-refractivity contribution in [3.05, 3.63) is 38.8 Å². The third kappa shape index (κ3) is 2.05. The molecule has 0 aliphatic heterocycles. The van der Waals surface area contributed by atoms with Gasteiger partial charge in [-0.3, -0.25) is 0 Å². The van der Waals surface area contributed by atoms with Crippen LogP contribution in [0.5, 0.6) is 0 Å². The second-order valence-electron chi connectivity index (χ2n) is 2.06. The Morgan fingerprint density at radius 3 is 2.80 bits per heavy atom. The van der Waals surface area contributed by atoms with E-state index in [1.54, 1.807) is 0 Å². The fourth-order valence-electron chi connectivity index (χ4n) is 0.759. The molecule has 1 aromatic heterocycles. The summed E-state index contributed by atoms with van der Waals surface area (Å²) in [5.74, 6) is 0. The number of aromatic nitrogens is 2. The van der Waals surface area contributed by atoms with Crippen molar-refractivity contribution < 1.29 is 4.57 Å². The van der Waals surface area contributed by atoms with Gasteiger partial charge < -0.3 is 7.43 Å². The Hall–Kier alpha value is -1.05. The van der Waals surface area contributed by atoms with E-state index < -0.39 is 0 Å². The van der Waals surface area contributed by atoms with Gasteiger partial charge in [0.1, 0.15) is 18.9 Å². The fraction of sp³-hybridized carbons (Fsp3) is 0.250. The molecule has 0 aromatic carbocycles. The van der Waals surface area contributed by atoms with E-state index in [4.69, 9.17) is 0 Å². The van der Waals surface area contributed by atoms with E-state index in [1.165, 1.54) is 0 Å². The molecule has 0 fully saturated rings. The van der Waals surface area contributed by atoms with E-state index >= 15 is 0 Å². The lowest BCUT2D eigenvalue weighted by atomic mass is 10.6. The summed E-state index contributed by atoms with van der Waals surface area (Å²) in [5, 5.41) is 0. The molecule has 0 unspecified atom stereocenters. The minimum absolute atomic E-state index is 0. The zero-order valence-electron chi connectivity index (χ0n) is 6.62. The van der Waals surface area contributed by atoms with Gasteiger partial charge in [-0.2, -0.15) is 0 Å². The molecular formula is C8H14N2. The smallest absolute Gasteiger partial charge is 0.243 e. The molecule has 0 N–H and O–H groups in total. The Kier molecular flexibility index (Phi) is 3.47. The van der Waals surface area contributed by atoms with Crippen molar-refractivity contribution >= 4 is 0 Å². The molecule has 0 bridgehead atoms. The van der Waals surface area contributed by atoms with Gasteiger partial charge in [-0.1, -0.05) is 12.7 Å². The Morgan fingerprint density at radius 1 is 1.70 bits per heavy atom. The molecule has 1 aromatic rings. The van der Waals surface area contributed by atoms with E-state index in [2.05, 4.69) is 11.1 Å². The van der Waals surface area contributed by atoms with Crippen LogP contribution in [0.4, 0.5) is 0 Å². The Balaban J connectivity index is 0.000000810. The van der Waals surface area contributed by atoms with E-state index in [-0.39, 0.29) is 7.43 Å². The molecule has 0 aliphatic carbocycles. The zero-order valence-corrected chi connectivity index (χ0v) is 6.62. The molecule has 0 amide bonds. The average Bonchev–Trinajstić information content (AvgIpc) is 2.17. The van der Waals surface area contributed by atoms with Crippen LogP contribution in [-0.2, 0) is 13.6 Å². The standard InChI is InChI=1S/C7H11N2.CH3/c1-3-4-9-6-5-8(2)7-9;/h3,5-7H,1,4H2,2H3;1H3/q+1;-1. The lowest BCUT2D eigenvalue weighted by Crippen LogP contribution is -2.23. The van der Waals surface area contributed by atoms with Crippen LogP contribution in [0.25, 0.3) is 0 Å². The first kappa shape index (κ1) is 8.95. The van der Waals surface area contributed by atoms with E-state index in [0.29, 0.717) is 0 Å². The maximum Gasteiger partial charge on any atom is 0.243 e. The highest BCUT2D eigenvalue weighted by atomic mass is 15.1. The van der Waals surface area contributed by atoms with Crippen LogP contribution in [-0.4, -0.2) is 4.57 Å². The number of imidazole rings is 1. The predicted octanol–water partition coefficient (Wildman–Crippen LogP) is 0.949. The van der Waals surface area contributed by atoms with Crippen molar-refractivity contribution in [2.45, 2.75) is 6.54 Å². The number of hydrogen-bond donors (Lipinski definition) is 0. The largest absolute Gasteiger partial charge is 0.358 e. The van der Waals surface area contributed by atoms with Gasteiger partial charge in [-0.05, 0) is 0 Å².